The van der Waals surface area contributed by atoms with Gasteiger partial charge >= 0.3 is 0 Å². The van der Waals surface area contributed by atoms with Gasteiger partial charge in [0.05, 0.1) is 0 Å². The van der Waals surface area contributed by atoms with Gasteiger partial charge in [-0.1, -0.05) is 103 Å². The summed E-state index contributed by atoms with van der Waals surface area (Å²) < 4.78 is 0. The quantitative estimate of drug-likeness (QED) is 0.536. The van der Waals surface area contributed by atoms with Crippen molar-refractivity contribution in [2.24, 2.45) is 0 Å². The highest BCUT2D eigenvalue weighted by molar-refractivity contribution is 6.17. The number of hydrogen-bond acceptors (Lipinski definition) is 0. The molecule has 0 N–H and O–H groups in total. The molecule has 26 heavy (non-hydrogen) atoms. The second-order valence-electron chi connectivity index (χ2n) is 9.36. The molecule has 0 nitrogen and oxygen atoms in total. The first kappa shape index (κ1) is 18.5. The predicted molar refractivity (Wildman–Crippen MR) is 115 cm³/mol. The molecule has 0 spiro atoms. The second kappa shape index (κ2) is 6.13. The maximum Gasteiger partial charge on any atom is -0.00267 e. The van der Waals surface area contributed by atoms with E-state index in [-0.39, 0.29) is 10.8 Å². The molecule has 2 aromatic carbocycles. The van der Waals surface area contributed by atoms with Gasteiger partial charge in [0.1, 0.15) is 0 Å². The molecule has 0 aliphatic heterocycles. The maximum atomic E-state index is 4.25. The minimum Gasteiger partial charge on any atom is -0.0905 e. The standard InChI is InChI=1S/C26H30/c1-17-18(2)24(20-11-15-22(16-12-20)26(6,7)8)23(17)19-9-13-21(14-10-19)25(3,4)5/h9-16H,1-2H2,3-8H3. The average molecular weight is 343 g/mol. The second-order valence-corrected chi connectivity index (χ2v) is 9.36. The van der Waals surface area contributed by atoms with Crippen molar-refractivity contribution in [2.45, 2.75) is 52.4 Å². The van der Waals surface area contributed by atoms with Crippen molar-refractivity contribution in [1.29, 1.82) is 0 Å². The lowest BCUT2D eigenvalue weighted by Gasteiger charge is -2.31. The van der Waals surface area contributed by atoms with Crippen LogP contribution in [-0.4, -0.2) is 0 Å². The van der Waals surface area contributed by atoms with E-state index in [4.69, 9.17) is 0 Å². The Hall–Kier alpha value is -2.34. The molecule has 1 aliphatic carbocycles. The highest BCUT2D eigenvalue weighted by Crippen LogP contribution is 2.49. The lowest BCUT2D eigenvalue weighted by atomic mass is 9.72. The Kier molecular flexibility index (Phi) is 4.35. The highest BCUT2D eigenvalue weighted by atomic mass is 14.3. The molecule has 1 aliphatic rings. The zero-order valence-electron chi connectivity index (χ0n) is 17.0. The van der Waals surface area contributed by atoms with Crippen LogP contribution in [0.25, 0.3) is 11.1 Å². The van der Waals surface area contributed by atoms with Crippen LogP contribution in [0.2, 0.25) is 0 Å². The summed E-state index contributed by atoms with van der Waals surface area (Å²) in [5.74, 6) is 0. The molecule has 0 radical (unpaired) electrons. The molecule has 0 atom stereocenters. The van der Waals surface area contributed by atoms with Gasteiger partial charge in [-0.15, -0.1) is 0 Å². The molecule has 0 heterocycles. The first-order valence-electron chi connectivity index (χ1n) is 9.35. The van der Waals surface area contributed by atoms with E-state index in [0.717, 1.165) is 11.1 Å². The summed E-state index contributed by atoms with van der Waals surface area (Å²) in [4.78, 5) is 0. The summed E-state index contributed by atoms with van der Waals surface area (Å²) in [6.45, 7) is 22.0. The van der Waals surface area contributed by atoms with Crippen LogP contribution in [0.3, 0.4) is 0 Å². The molecular formula is C26H30. The van der Waals surface area contributed by atoms with Crippen molar-refractivity contribution in [3.63, 3.8) is 0 Å². The van der Waals surface area contributed by atoms with Crippen LogP contribution in [0.5, 0.6) is 0 Å². The van der Waals surface area contributed by atoms with Gasteiger partial charge in [-0.05, 0) is 55.4 Å². The molecule has 0 saturated carbocycles. The number of hydrogen-bond donors (Lipinski definition) is 0. The van der Waals surface area contributed by atoms with E-state index in [1.807, 2.05) is 0 Å². The molecule has 0 saturated heterocycles. The smallest absolute Gasteiger partial charge is 0.00267 e. The summed E-state index contributed by atoms with van der Waals surface area (Å²) in [6.07, 6.45) is 0. The molecule has 0 fully saturated rings. The molecule has 0 amide bonds. The van der Waals surface area contributed by atoms with Gasteiger partial charge in [0.15, 0.2) is 0 Å². The fraction of sp³-hybridized carbons (Fsp3) is 0.308. The Bertz CT molecular complexity index is 809. The van der Waals surface area contributed by atoms with Crippen molar-refractivity contribution >= 4 is 11.1 Å². The van der Waals surface area contributed by atoms with Crippen molar-refractivity contribution in [1.82, 2.24) is 0 Å². The lowest BCUT2D eigenvalue weighted by Crippen LogP contribution is -2.13. The van der Waals surface area contributed by atoms with Crippen LogP contribution in [0.1, 0.15) is 63.8 Å². The third-order valence-electron chi connectivity index (χ3n) is 5.30. The van der Waals surface area contributed by atoms with E-state index in [9.17, 15) is 0 Å². The Morgan fingerprint density at radius 3 is 1.00 bits per heavy atom. The first-order chi connectivity index (χ1) is 12.0. The summed E-state index contributed by atoms with van der Waals surface area (Å²) in [5.41, 5.74) is 10.1. The van der Waals surface area contributed by atoms with Crippen LogP contribution in [-0.2, 0) is 10.8 Å². The number of rotatable bonds is 2. The SMILES string of the molecule is C=C1C(=C)C(c2ccc(C(C)(C)C)cc2)=C1c1ccc(C(C)(C)C)cc1. The maximum absolute atomic E-state index is 4.25. The highest BCUT2D eigenvalue weighted by Gasteiger charge is 2.29. The van der Waals surface area contributed by atoms with Crippen molar-refractivity contribution in [2.75, 3.05) is 0 Å². The lowest BCUT2D eigenvalue weighted by molar-refractivity contribution is 0.590. The molecule has 2 aromatic rings. The Labute approximate surface area is 159 Å². The third kappa shape index (κ3) is 3.21. The van der Waals surface area contributed by atoms with Gasteiger partial charge in [-0.25, -0.2) is 0 Å². The van der Waals surface area contributed by atoms with Crippen LogP contribution >= 0.6 is 0 Å². The molecule has 0 heteroatoms. The predicted octanol–water partition coefficient (Wildman–Crippen LogP) is 7.32. The van der Waals surface area contributed by atoms with Gasteiger partial charge < -0.3 is 0 Å². The zero-order valence-corrected chi connectivity index (χ0v) is 17.0. The normalized spacial score (nSPS) is 15.3. The van der Waals surface area contributed by atoms with Gasteiger partial charge in [0, 0.05) is 0 Å². The third-order valence-corrected chi connectivity index (χ3v) is 5.30. The van der Waals surface area contributed by atoms with Crippen LogP contribution in [0, 0.1) is 0 Å². The zero-order chi connectivity index (χ0) is 19.3. The average Bonchev–Trinajstić information content (AvgIpc) is 2.57. The van der Waals surface area contributed by atoms with E-state index >= 15 is 0 Å². The van der Waals surface area contributed by atoms with E-state index in [2.05, 4.69) is 103 Å². The Morgan fingerprint density at radius 1 is 0.500 bits per heavy atom. The van der Waals surface area contributed by atoms with Crippen molar-refractivity contribution in [3.8, 4) is 0 Å². The summed E-state index contributed by atoms with van der Waals surface area (Å²) in [6, 6.07) is 17.8. The van der Waals surface area contributed by atoms with Gasteiger partial charge in [0.2, 0.25) is 0 Å². The molecule has 0 bridgehead atoms. The fourth-order valence-electron chi connectivity index (χ4n) is 3.45. The largest absolute Gasteiger partial charge is 0.0905 e. The molecule has 0 aromatic heterocycles. The van der Waals surface area contributed by atoms with Crippen LogP contribution < -0.4 is 0 Å². The van der Waals surface area contributed by atoms with Gasteiger partial charge in [-0.3, -0.25) is 0 Å². The van der Waals surface area contributed by atoms with E-state index in [1.54, 1.807) is 0 Å². The minimum atomic E-state index is 0.165. The Morgan fingerprint density at radius 2 is 0.769 bits per heavy atom. The van der Waals surface area contributed by atoms with E-state index in [0.29, 0.717) is 0 Å². The molecular weight excluding hydrogens is 312 g/mol. The Balaban J connectivity index is 2.03. The molecule has 3 rings (SSSR count). The van der Waals surface area contributed by atoms with Crippen molar-refractivity contribution in [3.05, 3.63) is 95.1 Å². The number of allylic oxidation sites excluding steroid dienone is 4. The monoisotopic (exact) mass is 342 g/mol. The first-order valence-corrected chi connectivity index (χ1v) is 9.35. The van der Waals surface area contributed by atoms with E-state index < -0.39 is 0 Å². The summed E-state index contributed by atoms with van der Waals surface area (Å²) in [7, 11) is 0. The van der Waals surface area contributed by atoms with Gasteiger partial charge in [-0.2, -0.15) is 0 Å². The summed E-state index contributed by atoms with van der Waals surface area (Å²) >= 11 is 0. The summed E-state index contributed by atoms with van der Waals surface area (Å²) in [5, 5.41) is 0. The van der Waals surface area contributed by atoms with Crippen LogP contribution in [0.15, 0.2) is 72.8 Å². The molecule has 0 unspecified atom stereocenters. The molecule has 134 valence electrons. The number of benzene rings is 2. The minimum absolute atomic E-state index is 0.165. The fourth-order valence-corrected chi connectivity index (χ4v) is 3.45. The van der Waals surface area contributed by atoms with E-state index in [1.165, 1.54) is 33.4 Å². The van der Waals surface area contributed by atoms with Gasteiger partial charge in [0.25, 0.3) is 0 Å². The topological polar surface area (TPSA) is 0 Å². The van der Waals surface area contributed by atoms with Crippen LogP contribution in [0.4, 0.5) is 0 Å². The van der Waals surface area contributed by atoms with Crippen molar-refractivity contribution < 1.29 is 0 Å².